The molecule has 0 unspecified atom stereocenters. The van der Waals surface area contributed by atoms with Crippen LogP contribution in [0.5, 0.6) is 11.5 Å². The lowest BCUT2D eigenvalue weighted by molar-refractivity contribution is 0.297. The first-order valence-electron chi connectivity index (χ1n) is 8.68. The van der Waals surface area contributed by atoms with Gasteiger partial charge in [-0.25, -0.2) is 0 Å². The van der Waals surface area contributed by atoms with Gasteiger partial charge in [-0.15, -0.1) is 0 Å². The van der Waals surface area contributed by atoms with E-state index in [1.165, 1.54) is 5.56 Å². The molecule has 0 heterocycles. The van der Waals surface area contributed by atoms with Gasteiger partial charge in [-0.05, 0) is 41.5 Å². The van der Waals surface area contributed by atoms with Gasteiger partial charge in [0.2, 0.25) is 0 Å². The summed E-state index contributed by atoms with van der Waals surface area (Å²) in [5.74, 6) is 1.44. The molecule has 0 saturated heterocycles. The summed E-state index contributed by atoms with van der Waals surface area (Å²) in [6.07, 6.45) is 0.848. The molecule has 3 aromatic carbocycles. The Morgan fingerprint density at radius 2 is 1.67 bits per heavy atom. The van der Waals surface area contributed by atoms with E-state index in [2.05, 4.69) is 17.4 Å². The number of rotatable bonds is 8. The highest BCUT2D eigenvalue weighted by molar-refractivity contribution is 6.35. The second-order valence-corrected chi connectivity index (χ2v) is 6.89. The minimum Gasteiger partial charge on any atom is -0.493 e. The first-order chi connectivity index (χ1) is 13.2. The molecule has 0 aliphatic rings. The molecule has 3 rings (SSSR count). The summed E-state index contributed by atoms with van der Waals surface area (Å²) in [6.45, 7) is 1.19. The lowest BCUT2D eigenvalue weighted by atomic mass is 10.1. The highest BCUT2D eigenvalue weighted by Gasteiger charge is 2.07. The third kappa shape index (κ3) is 5.56. The van der Waals surface area contributed by atoms with Crippen molar-refractivity contribution in [1.29, 1.82) is 0 Å². The normalized spacial score (nSPS) is 10.5. The van der Waals surface area contributed by atoms with E-state index in [-0.39, 0.29) is 0 Å². The van der Waals surface area contributed by atoms with Crippen molar-refractivity contribution in [1.82, 2.24) is 0 Å². The topological polar surface area (TPSA) is 30.5 Å². The molecule has 0 radical (unpaired) electrons. The molecule has 3 nitrogen and oxygen atoms in total. The Morgan fingerprint density at radius 1 is 0.852 bits per heavy atom. The van der Waals surface area contributed by atoms with E-state index in [0.717, 1.165) is 23.4 Å². The summed E-state index contributed by atoms with van der Waals surface area (Å²) in [7, 11) is 1.64. The predicted molar refractivity (Wildman–Crippen MR) is 112 cm³/mol. The second-order valence-electron chi connectivity index (χ2n) is 6.05. The molecule has 3 aromatic rings. The fourth-order valence-corrected chi connectivity index (χ4v) is 3.05. The molecule has 0 spiro atoms. The second kappa shape index (κ2) is 9.54. The fraction of sp³-hybridized carbons (Fsp3) is 0.182. The number of methoxy groups -OCH3 is 1. The molecule has 0 fully saturated rings. The van der Waals surface area contributed by atoms with Crippen LogP contribution in [0.2, 0.25) is 10.0 Å². The van der Waals surface area contributed by atoms with Gasteiger partial charge in [0.05, 0.1) is 24.4 Å². The molecule has 0 bridgehead atoms. The molecule has 27 heavy (non-hydrogen) atoms. The Balaban J connectivity index is 1.60. The van der Waals surface area contributed by atoms with Crippen LogP contribution < -0.4 is 14.8 Å². The summed E-state index contributed by atoms with van der Waals surface area (Å²) in [4.78, 5) is 0. The first-order valence-corrected chi connectivity index (χ1v) is 9.44. The number of anilines is 1. The van der Waals surface area contributed by atoms with Crippen LogP contribution in [0.3, 0.4) is 0 Å². The summed E-state index contributed by atoms with van der Waals surface area (Å²) >= 11 is 12.2. The average Bonchev–Trinajstić information content (AvgIpc) is 2.70. The largest absolute Gasteiger partial charge is 0.493 e. The minimum atomic E-state index is 0.593. The summed E-state index contributed by atoms with van der Waals surface area (Å²) in [5, 5.41) is 4.56. The molecule has 0 aromatic heterocycles. The molecule has 0 atom stereocenters. The SMILES string of the molecule is COc1cc(CNc2cc(Cl)ccc2Cl)ccc1OCCc1ccccc1. The van der Waals surface area contributed by atoms with Gasteiger partial charge in [0.15, 0.2) is 11.5 Å². The fourth-order valence-electron chi connectivity index (χ4n) is 2.69. The maximum absolute atomic E-state index is 6.19. The Bertz CT molecular complexity index is 885. The quantitative estimate of drug-likeness (QED) is 0.484. The van der Waals surface area contributed by atoms with Crippen LogP contribution >= 0.6 is 23.2 Å². The molecule has 1 N–H and O–H groups in total. The van der Waals surface area contributed by atoms with Crippen LogP contribution in [0, 0.1) is 0 Å². The molecule has 5 heteroatoms. The van der Waals surface area contributed by atoms with Crippen molar-refractivity contribution >= 4 is 28.9 Å². The van der Waals surface area contributed by atoms with Gasteiger partial charge in [-0.3, -0.25) is 0 Å². The van der Waals surface area contributed by atoms with E-state index in [1.54, 1.807) is 19.2 Å². The third-order valence-corrected chi connectivity index (χ3v) is 4.70. The number of nitrogens with one attached hydrogen (secondary N) is 1. The van der Waals surface area contributed by atoms with Gasteiger partial charge < -0.3 is 14.8 Å². The summed E-state index contributed by atoms with van der Waals surface area (Å²) in [5.41, 5.74) is 3.10. The smallest absolute Gasteiger partial charge is 0.161 e. The lowest BCUT2D eigenvalue weighted by Gasteiger charge is -2.13. The predicted octanol–water partition coefficient (Wildman–Crippen LogP) is 6.24. The van der Waals surface area contributed by atoms with Crippen molar-refractivity contribution in [2.45, 2.75) is 13.0 Å². The first kappa shape index (κ1) is 19.4. The maximum Gasteiger partial charge on any atom is 0.161 e. The van der Waals surface area contributed by atoms with Gasteiger partial charge in [-0.2, -0.15) is 0 Å². The number of halogens is 2. The molecule has 0 amide bonds. The van der Waals surface area contributed by atoms with Crippen LogP contribution in [0.4, 0.5) is 5.69 Å². The van der Waals surface area contributed by atoms with Crippen LogP contribution in [0.25, 0.3) is 0 Å². The van der Waals surface area contributed by atoms with Gasteiger partial charge in [0, 0.05) is 18.0 Å². The molecular formula is C22H21Cl2NO2. The van der Waals surface area contributed by atoms with Gasteiger partial charge in [0.25, 0.3) is 0 Å². The standard InChI is InChI=1S/C22H21Cl2NO2/c1-26-22-13-17(15-25-20-14-18(23)8-9-19(20)24)7-10-21(22)27-12-11-16-5-3-2-4-6-16/h2-10,13-14,25H,11-12,15H2,1H3. The maximum atomic E-state index is 6.19. The van der Waals surface area contributed by atoms with Crippen molar-refractivity contribution in [3.05, 3.63) is 87.9 Å². The third-order valence-electron chi connectivity index (χ3n) is 4.13. The minimum absolute atomic E-state index is 0.593. The highest BCUT2D eigenvalue weighted by atomic mass is 35.5. The van der Waals surface area contributed by atoms with Crippen molar-refractivity contribution < 1.29 is 9.47 Å². The van der Waals surface area contributed by atoms with Crippen molar-refractivity contribution in [3.63, 3.8) is 0 Å². The Kier molecular flexibility index (Phi) is 6.86. The van der Waals surface area contributed by atoms with Crippen LogP contribution in [0.15, 0.2) is 66.7 Å². The Hall–Kier alpha value is -2.36. The number of ether oxygens (including phenoxy) is 2. The summed E-state index contributed by atoms with van der Waals surface area (Å²) < 4.78 is 11.4. The zero-order valence-corrected chi connectivity index (χ0v) is 16.6. The van der Waals surface area contributed by atoms with Gasteiger partial charge in [0.1, 0.15) is 0 Å². The zero-order valence-electron chi connectivity index (χ0n) is 15.0. The summed E-state index contributed by atoms with van der Waals surface area (Å²) in [6, 6.07) is 21.5. The van der Waals surface area contributed by atoms with Crippen molar-refractivity contribution in [3.8, 4) is 11.5 Å². The highest BCUT2D eigenvalue weighted by Crippen LogP contribution is 2.30. The Labute approximate surface area is 169 Å². The van der Waals surface area contributed by atoms with Gasteiger partial charge >= 0.3 is 0 Å². The number of hydrogen-bond donors (Lipinski definition) is 1. The van der Waals surface area contributed by atoms with E-state index in [1.807, 2.05) is 42.5 Å². The molecule has 0 saturated carbocycles. The number of benzene rings is 3. The van der Waals surface area contributed by atoms with Crippen LogP contribution in [0.1, 0.15) is 11.1 Å². The van der Waals surface area contributed by atoms with E-state index < -0.39 is 0 Å². The Morgan fingerprint density at radius 3 is 2.44 bits per heavy atom. The van der Waals surface area contributed by atoms with Gasteiger partial charge in [-0.1, -0.05) is 59.6 Å². The molecular weight excluding hydrogens is 381 g/mol. The van der Waals surface area contributed by atoms with Crippen LogP contribution in [-0.2, 0) is 13.0 Å². The van der Waals surface area contributed by atoms with E-state index in [0.29, 0.717) is 28.9 Å². The molecule has 140 valence electrons. The van der Waals surface area contributed by atoms with E-state index in [4.69, 9.17) is 32.7 Å². The van der Waals surface area contributed by atoms with Crippen molar-refractivity contribution in [2.24, 2.45) is 0 Å². The molecule has 0 aliphatic heterocycles. The number of hydrogen-bond acceptors (Lipinski definition) is 3. The monoisotopic (exact) mass is 401 g/mol. The van der Waals surface area contributed by atoms with E-state index >= 15 is 0 Å². The van der Waals surface area contributed by atoms with Crippen molar-refractivity contribution in [2.75, 3.05) is 19.0 Å². The lowest BCUT2D eigenvalue weighted by Crippen LogP contribution is -2.04. The van der Waals surface area contributed by atoms with Crippen LogP contribution in [-0.4, -0.2) is 13.7 Å². The van der Waals surface area contributed by atoms with E-state index in [9.17, 15) is 0 Å². The molecule has 0 aliphatic carbocycles. The average molecular weight is 402 g/mol. The zero-order chi connectivity index (χ0) is 19.1.